The molecule has 0 atom stereocenters. The summed E-state index contributed by atoms with van der Waals surface area (Å²) in [7, 11) is -4.33. The van der Waals surface area contributed by atoms with E-state index in [-0.39, 0.29) is 31.0 Å². The van der Waals surface area contributed by atoms with Gasteiger partial charge in [-0.3, -0.25) is 0 Å². The molecule has 0 amide bonds. The second-order valence-electron chi connectivity index (χ2n) is 15.8. The number of hydrogen-bond donors (Lipinski definition) is 0. The molecule has 0 aliphatic carbocycles. The molecule has 2 aromatic carbocycles. The fourth-order valence-corrected chi connectivity index (χ4v) is 8.50. The van der Waals surface area contributed by atoms with Gasteiger partial charge in [-0.05, 0) is 85.8 Å². The van der Waals surface area contributed by atoms with Gasteiger partial charge in [0.05, 0.1) is 0 Å². The van der Waals surface area contributed by atoms with Gasteiger partial charge in [0.25, 0.3) is 0 Å². The van der Waals surface area contributed by atoms with Crippen molar-refractivity contribution in [2.24, 2.45) is 0 Å². The van der Waals surface area contributed by atoms with Crippen molar-refractivity contribution in [3.8, 4) is 11.5 Å². The molecule has 6 heteroatoms. The van der Waals surface area contributed by atoms with Crippen LogP contribution >= 0.6 is 0 Å². The van der Waals surface area contributed by atoms with Crippen LogP contribution in [0.5, 0.6) is 11.5 Å². The minimum absolute atomic E-state index is 0. The van der Waals surface area contributed by atoms with Crippen LogP contribution in [0.25, 0.3) is 0 Å². The van der Waals surface area contributed by atoms with E-state index in [4.69, 9.17) is 8.37 Å². The second-order valence-corrected chi connectivity index (χ2v) is 17.0. The first kappa shape index (κ1) is 51.0. The van der Waals surface area contributed by atoms with Crippen LogP contribution in [0.2, 0.25) is 0 Å². The molecular formula is C48H83NaO4S. The summed E-state index contributed by atoms with van der Waals surface area (Å²) in [6, 6.07) is 12.0. The topological polar surface area (TPSA) is 52.6 Å². The van der Waals surface area contributed by atoms with Crippen molar-refractivity contribution < 1.29 is 47.8 Å². The number of aryl methyl sites for hydroxylation is 2. The third-order valence-corrected chi connectivity index (χ3v) is 11.8. The SMILES string of the molecule is CCCCCCCCCc1cccc(OS(=O)(=O)Oc2cccc(CCCCCCCCC)c2CCCCCCCCC)c1CCCCCCCCC.[H-].[Na+]. The largest absolute Gasteiger partial charge is 1.00 e. The van der Waals surface area contributed by atoms with Crippen LogP contribution in [0.3, 0.4) is 0 Å². The zero-order valence-electron chi connectivity index (χ0n) is 37.1. The fourth-order valence-electron chi connectivity index (χ4n) is 7.71. The van der Waals surface area contributed by atoms with Gasteiger partial charge in [0.2, 0.25) is 0 Å². The molecule has 2 rings (SSSR count). The third kappa shape index (κ3) is 23.9. The summed E-state index contributed by atoms with van der Waals surface area (Å²) in [4.78, 5) is 0. The standard InChI is InChI=1S/C48H82O4S.Na.H/c1-5-9-13-17-21-25-29-35-43-37-33-41-47(45(43)39-31-27-23-19-15-11-7-3)51-53(49,50)52-48-42-34-38-44(36-30-26-22-18-14-10-6-2)46(48)40-32-28-24-20-16-12-8-4;;/h33-34,37-38,41-42H,5-32,35-36,39-40H2,1-4H3;;/q;+1;-1. The van der Waals surface area contributed by atoms with Crippen LogP contribution in [0.15, 0.2) is 36.4 Å². The Bertz CT molecular complexity index is 1190. The van der Waals surface area contributed by atoms with E-state index in [1.54, 1.807) is 0 Å². The number of hydrogen-bond acceptors (Lipinski definition) is 4. The summed E-state index contributed by atoms with van der Waals surface area (Å²) in [5, 5.41) is 0. The first-order valence-corrected chi connectivity index (χ1v) is 24.1. The summed E-state index contributed by atoms with van der Waals surface area (Å²) >= 11 is 0. The Balaban J connectivity index is 0.0000146. The van der Waals surface area contributed by atoms with E-state index in [2.05, 4.69) is 39.8 Å². The molecule has 0 aliphatic rings. The molecule has 0 unspecified atom stereocenters. The van der Waals surface area contributed by atoms with Crippen molar-refractivity contribution in [3.63, 3.8) is 0 Å². The van der Waals surface area contributed by atoms with E-state index in [0.29, 0.717) is 11.5 Å². The first-order chi connectivity index (χ1) is 26.0. The molecule has 0 heterocycles. The predicted molar refractivity (Wildman–Crippen MR) is 231 cm³/mol. The first-order valence-electron chi connectivity index (χ1n) is 22.8. The van der Waals surface area contributed by atoms with E-state index in [9.17, 15) is 8.42 Å². The van der Waals surface area contributed by atoms with Gasteiger partial charge < -0.3 is 9.79 Å². The molecule has 0 radical (unpaired) electrons. The molecule has 0 N–H and O–H groups in total. The molecular weight excluding hydrogens is 696 g/mol. The molecule has 0 aromatic heterocycles. The van der Waals surface area contributed by atoms with Crippen LogP contribution in [0.4, 0.5) is 0 Å². The number of benzene rings is 2. The molecule has 54 heavy (non-hydrogen) atoms. The van der Waals surface area contributed by atoms with Gasteiger partial charge in [0.1, 0.15) is 11.5 Å². The maximum absolute atomic E-state index is 13.8. The van der Waals surface area contributed by atoms with Gasteiger partial charge in [0, 0.05) is 0 Å². The van der Waals surface area contributed by atoms with Gasteiger partial charge >= 0.3 is 40.0 Å². The molecule has 0 saturated carbocycles. The van der Waals surface area contributed by atoms with E-state index < -0.39 is 10.4 Å². The van der Waals surface area contributed by atoms with Gasteiger partial charge in [-0.25, -0.2) is 0 Å². The molecule has 306 valence electrons. The summed E-state index contributed by atoms with van der Waals surface area (Å²) in [5.74, 6) is 0.897. The summed E-state index contributed by atoms with van der Waals surface area (Å²) < 4.78 is 39.4. The van der Waals surface area contributed by atoms with E-state index in [1.165, 1.54) is 152 Å². The number of unbranched alkanes of at least 4 members (excludes halogenated alkanes) is 24. The Kier molecular flexibility index (Phi) is 32.2. The van der Waals surface area contributed by atoms with Gasteiger partial charge in [-0.1, -0.05) is 206 Å². The van der Waals surface area contributed by atoms with Gasteiger partial charge in [0.15, 0.2) is 0 Å². The van der Waals surface area contributed by atoms with Crippen molar-refractivity contribution in [1.29, 1.82) is 0 Å². The Morgan fingerprint density at radius 2 is 0.648 bits per heavy atom. The van der Waals surface area contributed by atoms with Crippen molar-refractivity contribution in [2.75, 3.05) is 0 Å². The molecule has 2 aromatic rings. The van der Waals surface area contributed by atoms with Gasteiger partial charge in [-0.2, -0.15) is 0 Å². The second kappa shape index (κ2) is 34.1. The van der Waals surface area contributed by atoms with Crippen molar-refractivity contribution in [3.05, 3.63) is 58.7 Å². The van der Waals surface area contributed by atoms with Crippen LogP contribution in [-0.2, 0) is 36.1 Å². The van der Waals surface area contributed by atoms with E-state index >= 15 is 0 Å². The Morgan fingerprint density at radius 3 is 0.944 bits per heavy atom. The van der Waals surface area contributed by atoms with Crippen LogP contribution in [0.1, 0.15) is 231 Å². The Labute approximate surface area is 359 Å². The maximum atomic E-state index is 13.8. The quantitative estimate of drug-likeness (QED) is 0.0511. The Hall–Kier alpha value is -1.01. The van der Waals surface area contributed by atoms with Gasteiger partial charge in [-0.15, -0.1) is 8.42 Å². The smallest absolute Gasteiger partial charge is 1.00 e. The summed E-state index contributed by atoms with van der Waals surface area (Å²) in [5.41, 5.74) is 4.56. The number of rotatable bonds is 36. The minimum Gasteiger partial charge on any atom is -1.00 e. The maximum Gasteiger partial charge on any atom is 1.00 e. The monoisotopic (exact) mass is 779 g/mol. The van der Waals surface area contributed by atoms with E-state index in [0.717, 1.165) is 75.3 Å². The van der Waals surface area contributed by atoms with Crippen LogP contribution in [0, 0.1) is 0 Å². The van der Waals surface area contributed by atoms with Crippen molar-refractivity contribution >= 4 is 10.4 Å². The van der Waals surface area contributed by atoms with Crippen molar-refractivity contribution in [1.82, 2.24) is 0 Å². The van der Waals surface area contributed by atoms with Crippen LogP contribution in [-0.4, -0.2) is 8.42 Å². The third-order valence-electron chi connectivity index (χ3n) is 11.0. The summed E-state index contributed by atoms with van der Waals surface area (Å²) in [6.07, 6.45) is 38.4. The van der Waals surface area contributed by atoms with E-state index in [1.807, 2.05) is 24.3 Å². The average molecular weight is 779 g/mol. The molecule has 0 saturated heterocycles. The Morgan fingerprint density at radius 1 is 0.389 bits per heavy atom. The molecule has 0 bridgehead atoms. The van der Waals surface area contributed by atoms with Crippen molar-refractivity contribution in [2.45, 2.75) is 233 Å². The molecule has 4 nitrogen and oxygen atoms in total. The normalized spacial score (nSPS) is 11.5. The van der Waals surface area contributed by atoms with Crippen LogP contribution < -0.4 is 37.9 Å². The zero-order chi connectivity index (χ0) is 38.2. The molecule has 0 spiro atoms. The zero-order valence-corrected chi connectivity index (χ0v) is 38.9. The molecule has 0 fully saturated rings. The average Bonchev–Trinajstić information content (AvgIpc) is 3.14. The minimum atomic E-state index is -4.33. The fraction of sp³-hybridized carbons (Fsp3) is 0.750. The molecule has 0 aliphatic heterocycles. The predicted octanol–water partition coefficient (Wildman–Crippen LogP) is 12.7. The summed E-state index contributed by atoms with van der Waals surface area (Å²) in [6.45, 7) is 9.04.